The van der Waals surface area contributed by atoms with Crippen molar-refractivity contribution < 1.29 is 9.53 Å². The molecule has 0 spiro atoms. The number of aryl methyl sites for hydroxylation is 1. The topological polar surface area (TPSA) is 107 Å². The van der Waals surface area contributed by atoms with Crippen molar-refractivity contribution in [3.8, 4) is 11.8 Å². The highest BCUT2D eigenvalue weighted by Crippen LogP contribution is 2.40. The first-order chi connectivity index (χ1) is 18.1. The minimum atomic E-state index is -0.295. The fraction of sp³-hybridized carbons (Fsp3) is 0.345. The molecule has 0 atom stereocenters. The van der Waals surface area contributed by atoms with E-state index >= 15 is 0 Å². The summed E-state index contributed by atoms with van der Waals surface area (Å²) >= 11 is 0. The lowest BCUT2D eigenvalue weighted by Gasteiger charge is -2.22. The van der Waals surface area contributed by atoms with Crippen molar-refractivity contribution in [1.82, 2.24) is 20.5 Å². The van der Waals surface area contributed by atoms with Crippen LogP contribution < -0.4 is 26.0 Å². The molecule has 9 heteroatoms. The number of hydrazine groups is 2. The molecule has 5 rings (SSSR count). The third-order valence-electron chi connectivity index (χ3n) is 7.07. The zero-order valence-corrected chi connectivity index (χ0v) is 22.6. The average Bonchev–Trinajstić information content (AvgIpc) is 3.48. The Balaban J connectivity index is 1.42. The first-order valence-corrected chi connectivity index (χ1v) is 12.7. The summed E-state index contributed by atoms with van der Waals surface area (Å²) in [6, 6.07) is 11.4. The highest BCUT2D eigenvalue weighted by Gasteiger charge is 2.30. The third-order valence-corrected chi connectivity index (χ3v) is 7.07. The van der Waals surface area contributed by atoms with E-state index in [1.54, 1.807) is 6.07 Å². The Morgan fingerprint density at radius 2 is 2.00 bits per heavy atom. The first-order valence-electron chi connectivity index (χ1n) is 12.7. The van der Waals surface area contributed by atoms with Crippen LogP contribution in [0.2, 0.25) is 0 Å². The van der Waals surface area contributed by atoms with Crippen molar-refractivity contribution in [3.05, 3.63) is 76.5 Å². The largest absolute Gasteiger partial charge is 0.493 e. The molecule has 0 saturated heterocycles. The van der Waals surface area contributed by atoms with Crippen molar-refractivity contribution in [1.29, 1.82) is 5.26 Å². The second kappa shape index (κ2) is 9.54. The molecule has 3 aromatic rings. The van der Waals surface area contributed by atoms with Crippen LogP contribution in [0, 0.1) is 18.3 Å². The summed E-state index contributed by atoms with van der Waals surface area (Å²) < 4.78 is 7.63. The molecule has 0 bridgehead atoms. The molecule has 1 fully saturated rings. The maximum atomic E-state index is 13.4. The summed E-state index contributed by atoms with van der Waals surface area (Å²) in [5.74, 6) is 1.73. The number of ether oxygens (including phenoxy) is 1. The van der Waals surface area contributed by atoms with Crippen molar-refractivity contribution in [2.45, 2.75) is 51.9 Å². The summed E-state index contributed by atoms with van der Waals surface area (Å²) in [6.45, 7) is 8.18. The van der Waals surface area contributed by atoms with Crippen LogP contribution in [-0.4, -0.2) is 22.6 Å². The van der Waals surface area contributed by atoms with Crippen molar-refractivity contribution >= 4 is 23.0 Å². The Hall–Kier alpha value is -4.29. The lowest BCUT2D eigenvalue weighted by molar-refractivity contribution is 0.102. The predicted molar refractivity (Wildman–Crippen MR) is 147 cm³/mol. The van der Waals surface area contributed by atoms with Gasteiger partial charge in [-0.2, -0.15) is 5.26 Å². The van der Waals surface area contributed by atoms with E-state index in [9.17, 15) is 10.1 Å². The van der Waals surface area contributed by atoms with Crippen molar-refractivity contribution in [2.75, 3.05) is 17.4 Å². The number of aromatic nitrogens is 2. The summed E-state index contributed by atoms with van der Waals surface area (Å²) in [6.07, 6.45) is 6.24. The summed E-state index contributed by atoms with van der Waals surface area (Å²) in [7, 11) is 3.54. The van der Waals surface area contributed by atoms with Crippen molar-refractivity contribution in [3.63, 3.8) is 0 Å². The third kappa shape index (κ3) is 4.71. The molecule has 0 unspecified atom stereocenters. The van der Waals surface area contributed by atoms with E-state index in [2.05, 4.69) is 52.7 Å². The second-order valence-corrected chi connectivity index (χ2v) is 10.9. The smallest absolute Gasteiger partial charge is 0.255 e. The normalized spacial score (nSPS) is 15.1. The molecule has 0 radical (unpaired) electrons. The Morgan fingerprint density at radius 1 is 1.24 bits per heavy atom. The maximum absolute atomic E-state index is 13.4. The summed E-state index contributed by atoms with van der Waals surface area (Å²) in [5.41, 5.74) is 12.2. The van der Waals surface area contributed by atoms with Gasteiger partial charge in [-0.15, -0.1) is 5.53 Å². The summed E-state index contributed by atoms with van der Waals surface area (Å²) in [4.78, 5) is 18.0. The number of methoxy groups -OCH3 is 1. The Labute approximate surface area is 223 Å². The van der Waals surface area contributed by atoms with Gasteiger partial charge in [0.15, 0.2) is 5.75 Å². The van der Waals surface area contributed by atoms with Gasteiger partial charge in [0, 0.05) is 18.5 Å². The molecule has 196 valence electrons. The number of carbonyl (C=O) groups excluding carboxylic acids is 1. The van der Waals surface area contributed by atoms with Crippen LogP contribution in [0.1, 0.15) is 78.1 Å². The van der Waals surface area contributed by atoms with Crippen LogP contribution in [0.5, 0.6) is 5.75 Å². The highest BCUT2D eigenvalue weighted by molar-refractivity contribution is 6.06. The number of anilines is 2. The first kappa shape index (κ1) is 25.4. The van der Waals surface area contributed by atoms with E-state index in [0.29, 0.717) is 28.5 Å². The molecule has 9 nitrogen and oxygen atoms in total. The molecule has 2 aliphatic rings. The van der Waals surface area contributed by atoms with E-state index in [0.717, 1.165) is 34.0 Å². The second-order valence-electron chi connectivity index (χ2n) is 10.9. The molecule has 2 heterocycles. The van der Waals surface area contributed by atoms with Crippen LogP contribution in [-0.2, 0) is 12.5 Å². The minimum Gasteiger partial charge on any atom is -0.493 e. The van der Waals surface area contributed by atoms with E-state index in [1.807, 2.05) is 55.6 Å². The van der Waals surface area contributed by atoms with Gasteiger partial charge in [0.1, 0.15) is 11.9 Å². The number of hydrogen-bond donors (Lipinski definition) is 3. The molecular weight excluding hydrogens is 478 g/mol. The van der Waals surface area contributed by atoms with Gasteiger partial charge in [-0.05, 0) is 60.6 Å². The van der Waals surface area contributed by atoms with Gasteiger partial charge in [0.25, 0.3) is 5.91 Å². The van der Waals surface area contributed by atoms with Gasteiger partial charge in [-0.25, -0.2) is 4.98 Å². The van der Waals surface area contributed by atoms with Gasteiger partial charge in [0.05, 0.1) is 47.8 Å². The SMILES string of the molecule is COc1c(C#N)cc(C(C)(C)C)cc1NC(=O)c1ccc(C)c(N2C=C(c3cnc(C4CC4)n3C)NN2)c1. The van der Waals surface area contributed by atoms with Crippen LogP contribution >= 0.6 is 0 Å². The number of nitrogens with zero attached hydrogens (tertiary/aromatic N) is 4. The molecule has 38 heavy (non-hydrogen) atoms. The van der Waals surface area contributed by atoms with Crippen LogP contribution in [0.3, 0.4) is 0 Å². The number of imidazole rings is 1. The molecule has 2 aromatic carbocycles. The van der Waals surface area contributed by atoms with Crippen LogP contribution in [0.15, 0.2) is 42.7 Å². The van der Waals surface area contributed by atoms with E-state index in [1.165, 1.54) is 20.0 Å². The number of benzene rings is 2. The molecular formula is C29H33N7O2. The zero-order chi connectivity index (χ0) is 27.2. The average molecular weight is 512 g/mol. The van der Waals surface area contributed by atoms with E-state index in [-0.39, 0.29) is 11.3 Å². The standard InChI is InChI=1S/C29H33N7O2/c1-17-7-8-19(28(37)32-22-13-21(29(2,3)4)11-20(14-30)26(22)38-6)12-24(17)36-16-23(33-34-36)25-15-31-27(35(25)5)18-9-10-18/h7-8,11-13,15-16,18,33-34H,9-10H2,1-6H3,(H,32,37). The van der Waals surface area contributed by atoms with Crippen molar-refractivity contribution in [2.24, 2.45) is 7.05 Å². The molecule has 1 aliphatic heterocycles. The number of rotatable bonds is 6. The Kier molecular flexibility index (Phi) is 6.37. The van der Waals surface area contributed by atoms with Crippen LogP contribution in [0.25, 0.3) is 5.70 Å². The minimum absolute atomic E-state index is 0.208. The molecule has 1 aliphatic carbocycles. The molecule has 1 saturated carbocycles. The van der Waals surface area contributed by atoms with Gasteiger partial charge in [-0.1, -0.05) is 26.8 Å². The van der Waals surface area contributed by atoms with Gasteiger partial charge >= 0.3 is 0 Å². The van der Waals surface area contributed by atoms with Gasteiger partial charge in [-0.3, -0.25) is 15.2 Å². The lowest BCUT2D eigenvalue weighted by atomic mass is 9.85. The number of amides is 1. The lowest BCUT2D eigenvalue weighted by Crippen LogP contribution is -2.36. The number of nitrogens with one attached hydrogen (secondary N) is 3. The quantitative estimate of drug-likeness (QED) is 0.434. The predicted octanol–water partition coefficient (Wildman–Crippen LogP) is 4.86. The molecule has 1 aromatic heterocycles. The highest BCUT2D eigenvalue weighted by atomic mass is 16.5. The summed E-state index contributed by atoms with van der Waals surface area (Å²) in [5, 5.41) is 14.5. The fourth-order valence-electron chi connectivity index (χ4n) is 4.63. The van der Waals surface area contributed by atoms with Gasteiger partial charge < -0.3 is 14.6 Å². The monoisotopic (exact) mass is 511 g/mol. The number of carbonyl (C=O) groups is 1. The number of hydrogen-bond acceptors (Lipinski definition) is 7. The Bertz CT molecular complexity index is 1490. The van der Waals surface area contributed by atoms with E-state index < -0.39 is 0 Å². The maximum Gasteiger partial charge on any atom is 0.255 e. The van der Waals surface area contributed by atoms with Gasteiger partial charge in [0.2, 0.25) is 0 Å². The number of nitriles is 1. The molecule has 3 N–H and O–H groups in total. The Morgan fingerprint density at radius 3 is 2.66 bits per heavy atom. The fourth-order valence-corrected chi connectivity index (χ4v) is 4.63. The zero-order valence-electron chi connectivity index (χ0n) is 22.6. The molecule has 1 amide bonds. The van der Waals surface area contributed by atoms with Crippen LogP contribution in [0.4, 0.5) is 11.4 Å². The van der Waals surface area contributed by atoms with E-state index in [4.69, 9.17) is 4.74 Å².